The first-order chi connectivity index (χ1) is 13.5. The summed E-state index contributed by atoms with van der Waals surface area (Å²) < 4.78 is 11.9. The first kappa shape index (κ1) is 17.9. The summed E-state index contributed by atoms with van der Waals surface area (Å²) in [6, 6.07) is 18.8. The molecule has 2 aromatic carbocycles. The fourth-order valence-corrected chi connectivity index (χ4v) is 5.00. The van der Waals surface area contributed by atoms with Crippen LogP contribution in [0.2, 0.25) is 0 Å². The maximum absolute atomic E-state index is 13.9. The van der Waals surface area contributed by atoms with Crippen LogP contribution < -0.4 is 0 Å². The monoisotopic (exact) mass is 377 g/mol. The van der Waals surface area contributed by atoms with Gasteiger partial charge in [-0.25, -0.2) is 0 Å². The van der Waals surface area contributed by atoms with Crippen molar-refractivity contribution in [1.29, 1.82) is 0 Å². The van der Waals surface area contributed by atoms with E-state index in [1.807, 2.05) is 36.9 Å². The summed E-state index contributed by atoms with van der Waals surface area (Å²) in [5, 5.41) is 0. The van der Waals surface area contributed by atoms with E-state index in [0.717, 1.165) is 25.9 Å². The lowest BCUT2D eigenvalue weighted by atomic mass is 9.91. The third-order valence-corrected chi connectivity index (χ3v) is 6.31. The molecule has 0 spiro atoms. The van der Waals surface area contributed by atoms with Gasteiger partial charge in [0, 0.05) is 12.3 Å². The molecule has 3 aliphatic rings. The second-order valence-electron chi connectivity index (χ2n) is 8.74. The lowest BCUT2D eigenvalue weighted by molar-refractivity contribution is -0.152. The van der Waals surface area contributed by atoms with Gasteiger partial charge in [0.2, 0.25) is 5.91 Å². The van der Waals surface area contributed by atoms with Gasteiger partial charge in [0.15, 0.2) is 0 Å². The van der Waals surface area contributed by atoms with Gasteiger partial charge in [-0.3, -0.25) is 4.79 Å². The van der Waals surface area contributed by atoms with Gasteiger partial charge in [0.1, 0.15) is 5.72 Å². The molecular weight excluding hydrogens is 350 g/mol. The highest BCUT2D eigenvalue weighted by atomic mass is 16.6. The van der Waals surface area contributed by atoms with Crippen LogP contribution in [-0.2, 0) is 27.1 Å². The molecular formula is C24H27NO3. The molecule has 5 rings (SSSR count). The summed E-state index contributed by atoms with van der Waals surface area (Å²) in [6.07, 6.45) is 2.66. The molecule has 1 aliphatic carbocycles. The number of rotatable bonds is 5. The van der Waals surface area contributed by atoms with Crippen LogP contribution in [0.4, 0.5) is 0 Å². The van der Waals surface area contributed by atoms with Crippen LogP contribution in [0.15, 0.2) is 54.6 Å². The quantitative estimate of drug-likeness (QED) is 0.743. The van der Waals surface area contributed by atoms with Gasteiger partial charge in [0.05, 0.1) is 24.9 Å². The molecule has 4 atom stereocenters. The lowest BCUT2D eigenvalue weighted by Crippen LogP contribution is -2.48. The fraction of sp³-hybridized carbons (Fsp3) is 0.458. The van der Waals surface area contributed by atoms with E-state index in [1.54, 1.807) is 0 Å². The lowest BCUT2D eigenvalue weighted by Gasteiger charge is -2.36. The minimum absolute atomic E-state index is 0.0112. The fourth-order valence-electron chi connectivity index (χ4n) is 5.00. The SMILES string of the molecule is CC1(C)O[C@@H]2Cc3ccccc3[C@@H]2N1C(=O)[C@@H](Cc1ccccc1)C[C@@H]1CO1. The van der Waals surface area contributed by atoms with E-state index in [2.05, 4.69) is 36.4 Å². The molecule has 2 saturated heterocycles. The Balaban J connectivity index is 1.46. The molecule has 1 amide bonds. The van der Waals surface area contributed by atoms with Crippen molar-refractivity contribution in [1.82, 2.24) is 4.90 Å². The Morgan fingerprint density at radius 1 is 1.14 bits per heavy atom. The smallest absolute Gasteiger partial charge is 0.228 e. The number of hydrogen-bond acceptors (Lipinski definition) is 3. The maximum Gasteiger partial charge on any atom is 0.228 e. The Morgan fingerprint density at radius 2 is 1.86 bits per heavy atom. The summed E-state index contributed by atoms with van der Waals surface area (Å²) >= 11 is 0. The van der Waals surface area contributed by atoms with Crippen molar-refractivity contribution in [3.8, 4) is 0 Å². The van der Waals surface area contributed by atoms with Crippen molar-refractivity contribution in [2.75, 3.05) is 6.61 Å². The minimum Gasteiger partial charge on any atom is -0.373 e. The number of amides is 1. The summed E-state index contributed by atoms with van der Waals surface area (Å²) in [6.45, 7) is 4.82. The van der Waals surface area contributed by atoms with E-state index in [9.17, 15) is 4.79 Å². The minimum atomic E-state index is -0.598. The van der Waals surface area contributed by atoms with Gasteiger partial charge >= 0.3 is 0 Å². The molecule has 0 unspecified atom stereocenters. The number of ether oxygens (including phenoxy) is 2. The van der Waals surface area contributed by atoms with E-state index in [1.165, 1.54) is 16.7 Å². The third-order valence-electron chi connectivity index (χ3n) is 6.31. The first-order valence-corrected chi connectivity index (χ1v) is 10.3. The molecule has 0 N–H and O–H groups in total. The normalized spacial score (nSPS) is 27.9. The molecule has 146 valence electrons. The average Bonchev–Trinajstić information content (AvgIpc) is 3.37. The van der Waals surface area contributed by atoms with Gasteiger partial charge < -0.3 is 14.4 Å². The van der Waals surface area contributed by atoms with Crippen LogP contribution in [-0.4, -0.2) is 35.3 Å². The number of fused-ring (bicyclic) bond motifs is 3. The zero-order chi connectivity index (χ0) is 19.3. The van der Waals surface area contributed by atoms with Crippen LogP contribution >= 0.6 is 0 Å². The van der Waals surface area contributed by atoms with E-state index in [4.69, 9.17) is 9.47 Å². The molecule has 2 aliphatic heterocycles. The molecule has 0 bridgehead atoms. The highest BCUT2D eigenvalue weighted by molar-refractivity contribution is 5.81. The highest BCUT2D eigenvalue weighted by Gasteiger charge is 2.54. The molecule has 2 heterocycles. The summed E-state index contributed by atoms with van der Waals surface area (Å²) in [4.78, 5) is 15.9. The maximum atomic E-state index is 13.9. The molecule has 4 nitrogen and oxygen atoms in total. The number of epoxide rings is 1. The zero-order valence-electron chi connectivity index (χ0n) is 16.5. The predicted octanol–water partition coefficient (Wildman–Crippen LogP) is 3.90. The van der Waals surface area contributed by atoms with E-state index >= 15 is 0 Å². The van der Waals surface area contributed by atoms with Crippen LogP contribution in [0.3, 0.4) is 0 Å². The summed E-state index contributed by atoms with van der Waals surface area (Å²) in [5.74, 6) is 0.0952. The molecule has 28 heavy (non-hydrogen) atoms. The Labute approximate surface area is 166 Å². The molecule has 0 saturated carbocycles. The first-order valence-electron chi connectivity index (χ1n) is 10.3. The number of carbonyl (C=O) groups is 1. The summed E-state index contributed by atoms with van der Waals surface area (Å²) in [5.41, 5.74) is 3.14. The molecule has 2 fully saturated rings. The van der Waals surface area contributed by atoms with Crippen molar-refractivity contribution in [3.63, 3.8) is 0 Å². The van der Waals surface area contributed by atoms with Crippen molar-refractivity contribution < 1.29 is 14.3 Å². The number of benzene rings is 2. The van der Waals surface area contributed by atoms with Crippen LogP contribution in [0, 0.1) is 5.92 Å². The van der Waals surface area contributed by atoms with Crippen molar-refractivity contribution in [2.45, 2.75) is 57.1 Å². The summed E-state index contributed by atoms with van der Waals surface area (Å²) in [7, 11) is 0. The molecule has 2 aromatic rings. The standard InChI is InChI=1S/C24H27NO3/c1-24(2)25(22-20-11-7-6-10-17(20)14-21(22)28-24)23(26)18(13-19-15-27-19)12-16-8-4-3-5-9-16/h3-11,18-19,21-22H,12-15H2,1-2H3/t18-,19+,21+,22-/m0/s1. The predicted molar refractivity (Wildman–Crippen MR) is 107 cm³/mol. The zero-order valence-corrected chi connectivity index (χ0v) is 16.5. The van der Waals surface area contributed by atoms with Crippen molar-refractivity contribution >= 4 is 5.91 Å². The van der Waals surface area contributed by atoms with Gasteiger partial charge in [-0.05, 0) is 43.4 Å². The average molecular weight is 377 g/mol. The van der Waals surface area contributed by atoms with E-state index < -0.39 is 5.72 Å². The second kappa shape index (κ2) is 6.71. The van der Waals surface area contributed by atoms with E-state index in [0.29, 0.717) is 0 Å². The second-order valence-corrected chi connectivity index (χ2v) is 8.74. The van der Waals surface area contributed by atoms with E-state index in [-0.39, 0.29) is 30.1 Å². The third kappa shape index (κ3) is 3.15. The van der Waals surface area contributed by atoms with Crippen LogP contribution in [0.1, 0.15) is 43.0 Å². The highest BCUT2D eigenvalue weighted by Crippen LogP contribution is 2.49. The van der Waals surface area contributed by atoms with Crippen LogP contribution in [0.5, 0.6) is 0 Å². The number of hydrogen-bond donors (Lipinski definition) is 0. The Bertz CT molecular complexity index is 874. The molecule has 0 radical (unpaired) electrons. The Kier molecular flexibility index (Phi) is 4.29. The largest absolute Gasteiger partial charge is 0.373 e. The number of carbonyl (C=O) groups excluding carboxylic acids is 1. The van der Waals surface area contributed by atoms with Gasteiger partial charge in [0.25, 0.3) is 0 Å². The Hall–Kier alpha value is -2.17. The number of nitrogens with zero attached hydrogens (tertiary/aromatic N) is 1. The molecule has 4 heteroatoms. The van der Waals surface area contributed by atoms with Crippen molar-refractivity contribution in [3.05, 3.63) is 71.3 Å². The van der Waals surface area contributed by atoms with Gasteiger partial charge in [-0.1, -0.05) is 54.6 Å². The van der Waals surface area contributed by atoms with Crippen molar-refractivity contribution in [2.24, 2.45) is 5.92 Å². The van der Waals surface area contributed by atoms with Crippen LogP contribution in [0.25, 0.3) is 0 Å². The molecule has 0 aromatic heterocycles. The van der Waals surface area contributed by atoms with Gasteiger partial charge in [-0.15, -0.1) is 0 Å². The topological polar surface area (TPSA) is 42.1 Å². The Morgan fingerprint density at radius 3 is 2.61 bits per heavy atom. The van der Waals surface area contributed by atoms with Gasteiger partial charge in [-0.2, -0.15) is 0 Å².